The number of hydrogen-bond donors (Lipinski definition) is 1. The second-order valence-corrected chi connectivity index (χ2v) is 4.71. The predicted octanol–water partition coefficient (Wildman–Crippen LogP) is 0.642. The fourth-order valence-electron chi connectivity index (χ4n) is 2.38. The van der Waals surface area contributed by atoms with Crippen LogP contribution in [0.15, 0.2) is 24.9 Å². The summed E-state index contributed by atoms with van der Waals surface area (Å²) in [5, 5.41) is 4.17. The molecule has 18 heavy (non-hydrogen) atoms. The van der Waals surface area contributed by atoms with Gasteiger partial charge in [-0.3, -0.25) is 9.25 Å². The molecule has 0 amide bonds. The van der Waals surface area contributed by atoms with Crippen LogP contribution in [0, 0.1) is 5.92 Å². The number of aryl methyl sites for hydroxylation is 1. The van der Waals surface area contributed by atoms with Gasteiger partial charge in [0.1, 0.15) is 0 Å². The molecule has 0 aromatic carbocycles. The Labute approximate surface area is 105 Å². The molecule has 0 saturated carbocycles. The van der Waals surface area contributed by atoms with Crippen molar-refractivity contribution >= 4 is 0 Å². The van der Waals surface area contributed by atoms with Gasteiger partial charge in [0.25, 0.3) is 0 Å². The third-order valence-corrected chi connectivity index (χ3v) is 3.45. The molecule has 3 heterocycles. The molecule has 1 saturated heterocycles. The predicted molar refractivity (Wildman–Crippen MR) is 66.2 cm³/mol. The van der Waals surface area contributed by atoms with Crippen LogP contribution in [0.1, 0.15) is 18.2 Å². The number of hydrogen-bond acceptors (Lipinski definition) is 4. The SMILES string of the molecule is Cn1cc(-n2cncc2C(N)C2CCOC2)cn1. The first kappa shape index (κ1) is 11.4. The molecule has 0 aliphatic carbocycles. The Morgan fingerprint density at radius 1 is 1.50 bits per heavy atom. The molecule has 0 radical (unpaired) electrons. The molecule has 2 aromatic heterocycles. The Hall–Kier alpha value is -1.66. The zero-order valence-electron chi connectivity index (χ0n) is 10.4. The number of rotatable bonds is 3. The van der Waals surface area contributed by atoms with E-state index in [1.54, 1.807) is 11.0 Å². The fraction of sp³-hybridized carbons (Fsp3) is 0.500. The lowest BCUT2D eigenvalue weighted by molar-refractivity contribution is 0.180. The van der Waals surface area contributed by atoms with Crippen LogP contribution in [0.2, 0.25) is 0 Å². The maximum Gasteiger partial charge on any atom is 0.0995 e. The van der Waals surface area contributed by atoms with E-state index in [-0.39, 0.29) is 6.04 Å². The van der Waals surface area contributed by atoms with Gasteiger partial charge in [0.2, 0.25) is 0 Å². The van der Waals surface area contributed by atoms with E-state index in [0.29, 0.717) is 5.92 Å². The van der Waals surface area contributed by atoms with Gasteiger partial charge in [-0.2, -0.15) is 5.10 Å². The Balaban J connectivity index is 1.91. The topological polar surface area (TPSA) is 70.9 Å². The fourth-order valence-corrected chi connectivity index (χ4v) is 2.38. The van der Waals surface area contributed by atoms with Gasteiger partial charge in [0.05, 0.1) is 42.8 Å². The van der Waals surface area contributed by atoms with Gasteiger partial charge < -0.3 is 10.5 Å². The maximum absolute atomic E-state index is 6.32. The van der Waals surface area contributed by atoms with Crippen LogP contribution in [0.3, 0.4) is 0 Å². The van der Waals surface area contributed by atoms with E-state index in [2.05, 4.69) is 10.1 Å². The van der Waals surface area contributed by atoms with Crippen molar-refractivity contribution in [1.82, 2.24) is 19.3 Å². The average Bonchev–Trinajstić information content (AvgIpc) is 3.09. The van der Waals surface area contributed by atoms with E-state index in [4.69, 9.17) is 10.5 Å². The van der Waals surface area contributed by atoms with Gasteiger partial charge in [0, 0.05) is 25.8 Å². The zero-order valence-corrected chi connectivity index (χ0v) is 10.4. The molecular weight excluding hydrogens is 230 g/mol. The lowest BCUT2D eigenvalue weighted by Gasteiger charge is -2.18. The van der Waals surface area contributed by atoms with Gasteiger partial charge in [0.15, 0.2) is 0 Å². The van der Waals surface area contributed by atoms with Crippen LogP contribution >= 0.6 is 0 Å². The third kappa shape index (κ3) is 1.93. The van der Waals surface area contributed by atoms with Crippen molar-refractivity contribution in [3.63, 3.8) is 0 Å². The second-order valence-electron chi connectivity index (χ2n) is 4.71. The summed E-state index contributed by atoms with van der Waals surface area (Å²) in [6.07, 6.45) is 8.38. The first-order valence-electron chi connectivity index (χ1n) is 6.10. The highest BCUT2D eigenvalue weighted by Crippen LogP contribution is 2.27. The standard InChI is InChI=1S/C12H17N5O/c1-16-6-10(4-15-16)17-8-14-5-11(17)12(13)9-2-3-18-7-9/h4-6,8-9,12H,2-3,7,13H2,1H3. The normalized spacial score (nSPS) is 21.3. The maximum atomic E-state index is 6.32. The highest BCUT2D eigenvalue weighted by molar-refractivity contribution is 5.29. The minimum Gasteiger partial charge on any atom is -0.381 e. The molecule has 96 valence electrons. The molecule has 2 aromatic rings. The van der Waals surface area contributed by atoms with Gasteiger partial charge in [-0.1, -0.05) is 0 Å². The summed E-state index contributed by atoms with van der Waals surface area (Å²) in [5.74, 6) is 0.372. The Bertz CT molecular complexity index is 526. The summed E-state index contributed by atoms with van der Waals surface area (Å²) < 4.78 is 9.16. The van der Waals surface area contributed by atoms with Crippen molar-refractivity contribution in [2.45, 2.75) is 12.5 Å². The van der Waals surface area contributed by atoms with Gasteiger partial charge in [-0.15, -0.1) is 0 Å². The van der Waals surface area contributed by atoms with Crippen molar-refractivity contribution in [3.8, 4) is 5.69 Å². The molecule has 0 bridgehead atoms. The monoisotopic (exact) mass is 247 g/mol. The van der Waals surface area contributed by atoms with Crippen molar-refractivity contribution in [1.29, 1.82) is 0 Å². The first-order chi connectivity index (χ1) is 8.75. The molecular formula is C12H17N5O. The van der Waals surface area contributed by atoms with Crippen LogP contribution in [-0.2, 0) is 11.8 Å². The molecule has 1 aliphatic heterocycles. The quantitative estimate of drug-likeness (QED) is 0.864. The van der Waals surface area contributed by atoms with Gasteiger partial charge in [-0.05, 0) is 6.42 Å². The van der Waals surface area contributed by atoms with E-state index < -0.39 is 0 Å². The van der Waals surface area contributed by atoms with Crippen LogP contribution in [0.25, 0.3) is 5.69 Å². The van der Waals surface area contributed by atoms with Crippen LogP contribution in [-0.4, -0.2) is 32.5 Å². The van der Waals surface area contributed by atoms with E-state index in [9.17, 15) is 0 Å². The lowest BCUT2D eigenvalue weighted by Crippen LogP contribution is -2.23. The Kier molecular flexibility index (Phi) is 2.89. The minimum absolute atomic E-state index is 0.0461. The molecule has 1 fully saturated rings. The lowest BCUT2D eigenvalue weighted by atomic mass is 9.97. The summed E-state index contributed by atoms with van der Waals surface area (Å²) in [7, 11) is 1.89. The van der Waals surface area contributed by atoms with Crippen LogP contribution < -0.4 is 5.73 Å². The highest BCUT2D eigenvalue weighted by Gasteiger charge is 2.26. The smallest absolute Gasteiger partial charge is 0.0995 e. The third-order valence-electron chi connectivity index (χ3n) is 3.45. The van der Waals surface area contributed by atoms with Crippen LogP contribution in [0.5, 0.6) is 0 Å². The number of ether oxygens (including phenoxy) is 1. The molecule has 6 heteroatoms. The minimum atomic E-state index is -0.0461. The summed E-state index contributed by atoms with van der Waals surface area (Å²) in [5.41, 5.74) is 8.32. The van der Waals surface area contributed by atoms with E-state index in [1.807, 2.05) is 30.2 Å². The van der Waals surface area contributed by atoms with Crippen LogP contribution in [0.4, 0.5) is 0 Å². The molecule has 3 rings (SSSR count). The average molecular weight is 247 g/mol. The number of imidazole rings is 1. The van der Waals surface area contributed by atoms with E-state index in [1.165, 1.54) is 0 Å². The number of nitrogens with two attached hydrogens (primary N) is 1. The summed E-state index contributed by atoms with van der Waals surface area (Å²) in [4.78, 5) is 4.21. The highest BCUT2D eigenvalue weighted by atomic mass is 16.5. The van der Waals surface area contributed by atoms with Gasteiger partial charge in [-0.25, -0.2) is 4.98 Å². The molecule has 2 N–H and O–H groups in total. The summed E-state index contributed by atoms with van der Waals surface area (Å²) in [6, 6.07) is -0.0461. The van der Waals surface area contributed by atoms with Gasteiger partial charge >= 0.3 is 0 Å². The van der Waals surface area contributed by atoms with Crippen molar-refractivity contribution in [2.75, 3.05) is 13.2 Å². The molecule has 2 unspecified atom stereocenters. The van der Waals surface area contributed by atoms with Crippen molar-refractivity contribution in [2.24, 2.45) is 18.7 Å². The van der Waals surface area contributed by atoms with E-state index >= 15 is 0 Å². The molecule has 2 atom stereocenters. The number of aromatic nitrogens is 4. The molecule has 1 aliphatic rings. The number of nitrogens with zero attached hydrogens (tertiary/aromatic N) is 4. The Morgan fingerprint density at radius 3 is 3.06 bits per heavy atom. The van der Waals surface area contributed by atoms with Crippen molar-refractivity contribution < 1.29 is 4.74 Å². The largest absolute Gasteiger partial charge is 0.381 e. The first-order valence-corrected chi connectivity index (χ1v) is 6.10. The summed E-state index contributed by atoms with van der Waals surface area (Å²) >= 11 is 0. The summed E-state index contributed by atoms with van der Waals surface area (Å²) in [6.45, 7) is 1.54. The van der Waals surface area contributed by atoms with Crippen molar-refractivity contribution in [3.05, 3.63) is 30.6 Å². The van der Waals surface area contributed by atoms with E-state index in [0.717, 1.165) is 31.0 Å². The second kappa shape index (κ2) is 4.55. The molecule has 0 spiro atoms. The Morgan fingerprint density at radius 2 is 2.39 bits per heavy atom. The molecule has 6 nitrogen and oxygen atoms in total. The zero-order chi connectivity index (χ0) is 12.5.